The molecule has 4 rings (SSSR count). The van der Waals surface area contributed by atoms with E-state index in [-0.39, 0.29) is 16.7 Å². The molecular weight excluding hydrogens is 408 g/mol. The summed E-state index contributed by atoms with van der Waals surface area (Å²) in [5.41, 5.74) is 0. The van der Waals surface area contributed by atoms with Gasteiger partial charge in [-0.3, -0.25) is 10.1 Å². The molecule has 0 radical (unpaired) electrons. The highest BCUT2D eigenvalue weighted by atomic mass is 32.2. The fourth-order valence-corrected chi connectivity index (χ4v) is 5.90. The zero-order chi connectivity index (χ0) is 20.6. The fourth-order valence-electron chi connectivity index (χ4n) is 3.46. The van der Waals surface area contributed by atoms with Gasteiger partial charge < -0.3 is 0 Å². The zero-order valence-corrected chi connectivity index (χ0v) is 17.8. The summed E-state index contributed by atoms with van der Waals surface area (Å²) in [6, 6.07) is 11.9. The van der Waals surface area contributed by atoms with E-state index in [0.717, 1.165) is 15.8 Å². The van der Waals surface area contributed by atoms with Gasteiger partial charge in [0.25, 0.3) is 0 Å². The summed E-state index contributed by atoms with van der Waals surface area (Å²) >= 11 is 1.31. The number of sulfonamides is 1. The summed E-state index contributed by atoms with van der Waals surface area (Å²) in [5.74, 6) is -0.146. The van der Waals surface area contributed by atoms with Crippen LogP contribution in [-0.2, 0) is 14.8 Å². The van der Waals surface area contributed by atoms with Crippen LogP contribution in [0.4, 0.5) is 5.13 Å². The Bertz CT molecular complexity index is 1160. The topological polar surface area (TPSA) is 92.3 Å². The van der Waals surface area contributed by atoms with Gasteiger partial charge in [-0.25, -0.2) is 8.42 Å². The second-order valence-electron chi connectivity index (χ2n) is 7.37. The van der Waals surface area contributed by atoms with Gasteiger partial charge in [-0.2, -0.15) is 4.31 Å². The Labute approximate surface area is 173 Å². The van der Waals surface area contributed by atoms with Gasteiger partial charge >= 0.3 is 0 Å². The molecule has 1 saturated heterocycles. The van der Waals surface area contributed by atoms with E-state index in [4.69, 9.17) is 0 Å². The molecule has 1 aromatic heterocycles. The molecule has 1 aliphatic rings. The highest BCUT2D eigenvalue weighted by molar-refractivity contribution is 7.89. The van der Waals surface area contributed by atoms with Gasteiger partial charge in [-0.15, -0.1) is 10.2 Å². The molecule has 0 spiro atoms. The quantitative estimate of drug-likeness (QED) is 0.668. The van der Waals surface area contributed by atoms with Crippen LogP contribution in [0.3, 0.4) is 0 Å². The number of carbonyl (C=O) groups is 1. The van der Waals surface area contributed by atoms with Gasteiger partial charge in [0.15, 0.2) is 0 Å². The molecule has 0 aliphatic carbocycles. The van der Waals surface area contributed by atoms with Crippen molar-refractivity contribution in [3.63, 3.8) is 0 Å². The second-order valence-corrected chi connectivity index (χ2v) is 10.3. The van der Waals surface area contributed by atoms with Crippen molar-refractivity contribution >= 4 is 43.2 Å². The smallest absolute Gasteiger partial charge is 0.244 e. The molecule has 2 aromatic carbocycles. The molecule has 29 heavy (non-hydrogen) atoms. The fraction of sp³-hybridized carbons (Fsp3) is 0.350. The Hall–Kier alpha value is -2.36. The minimum Gasteiger partial charge on any atom is -0.299 e. The molecule has 1 aliphatic heterocycles. The van der Waals surface area contributed by atoms with Gasteiger partial charge in [0.1, 0.15) is 11.0 Å². The summed E-state index contributed by atoms with van der Waals surface area (Å²) in [7, 11) is -3.78. The molecule has 2 heterocycles. The molecule has 9 heteroatoms. The maximum Gasteiger partial charge on any atom is 0.244 e. The van der Waals surface area contributed by atoms with Gasteiger partial charge in [0.2, 0.25) is 21.1 Å². The first kappa shape index (κ1) is 19.9. The number of carbonyl (C=O) groups excluding carboxylic acids is 1. The van der Waals surface area contributed by atoms with Crippen LogP contribution in [0, 0.1) is 0 Å². The molecule has 1 atom stereocenters. The number of aromatic nitrogens is 2. The average Bonchev–Trinajstić information content (AvgIpc) is 3.37. The number of hydrogen-bond donors (Lipinski definition) is 1. The van der Waals surface area contributed by atoms with E-state index in [1.54, 1.807) is 18.2 Å². The standard InChI is InChI=1S/C20H22N4O3S2/c1-13(2)19-22-23-20(28-19)21-18(25)17-8-5-11-24(17)29(26,27)16-10-9-14-6-3-4-7-15(14)12-16/h3-4,6-7,9-10,12-13,17H,5,8,11H2,1-2H3,(H,21,23,25)/t17-/m1/s1. The number of benzene rings is 2. The van der Waals surface area contributed by atoms with Crippen LogP contribution < -0.4 is 5.32 Å². The van der Waals surface area contributed by atoms with Gasteiger partial charge in [-0.05, 0) is 35.7 Å². The molecule has 0 bridgehead atoms. The van der Waals surface area contributed by atoms with Crippen molar-refractivity contribution in [3.05, 3.63) is 47.5 Å². The zero-order valence-electron chi connectivity index (χ0n) is 16.2. The average molecular weight is 431 g/mol. The Morgan fingerprint density at radius 1 is 1.17 bits per heavy atom. The molecule has 7 nitrogen and oxygen atoms in total. The van der Waals surface area contributed by atoms with Crippen LogP contribution in [0.25, 0.3) is 10.8 Å². The van der Waals surface area contributed by atoms with E-state index < -0.39 is 16.1 Å². The lowest BCUT2D eigenvalue weighted by Gasteiger charge is -2.23. The summed E-state index contributed by atoms with van der Waals surface area (Å²) in [4.78, 5) is 13.0. The normalized spacial score (nSPS) is 17.8. The third-order valence-electron chi connectivity index (χ3n) is 5.00. The van der Waals surface area contributed by atoms with Crippen molar-refractivity contribution < 1.29 is 13.2 Å². The summed E-state index contributed by atoms with van der Waals surface area (Å²) in [6.07, 6.45) is 1.12. The van der Waals surface area contributed by atoms with Crippen LogP contribution in [0.15, 0.2) is 47.4 Å². The Morgan fingerprint density at radius 2 is 1.93 bits per heavy atom. The van der Waals surface area contributed by atoms with Crippen molar-refractivity contribution in [2.45, 2.75) is 43.5 Å². The number of hydrogen-bond acceptors (Lipinski definition) is 6. The number of rotatable bonds is 5. The van der Waals surface area contributed by atoms with Gasteiger partial charge in [0, 0.05) is 12.5 Å². The van der Waals surface area contributed by atoms with Gasteiger partial charge in [0.05, 0.1) is 4.90 Å². The number of nitrogens with zero attached hydrogens (tertiary/aromatic N) is 3. The van der Waals surface area contributed by atoms with Crippen molar-refractivity contribution in [2.24, 2.45) is 0 Å². The first-order valence-corrected chi connectivity index (χ1v) is 11.8. The first-order valence-electron chi connectivity index (χ1n) is 9.51. The first-order chi connectivity index (χ1) is 13.9. The van der Waals surface area contributed by atoms with Gasteiger partial charge in [-0.1, -0.05) is 55.5 Å². The molecular formula is C20H22N4O3S2. The van der Waals surface area contributed by atoms with E-state index in [9.17, 15) is 13.2 Å². The lowest BCUT2D eigenvalue weighted by atomic mass is 10.1. The summed E-state index contributed by atoms with van der Waals surface area (Å²) < 4.78 is 27.8. The second kappa shape index (κ2) is 7.81. The Morgan fingerprint density at radius 3 is 2.66 bits per heavy atom. The maximum atomic E-state index is 13.3. The summed E-state index contributed by atoms with van der Waals surface area (Å²) in [5, 5.41) is 13.8. The molecule has 1 fully saturated rings. The van der Waals surface area contributed by atoms with Crippen molar-refractivity contribution in [1.82, 2.24) is 14.5 Å². The van der Waals surface area contributed by atoms with Crippen molar-refractivity contribution in [3.8, 4) is 0 Å². The van der Waals surface area contributed by atoms with Crippen LogP contribution in [-0.4, -0.2) is 41.4 Å². The van der Waals surface area contributed by atoms with E-state index in [0.29, 0.717) is 24.5 Å². The predicted octanol–water partition coefficient (Wildman–Crippen LogP) is 3.61. The van der Waals surface area contributed by atoms with Crippen molar-refractivity contribution in [1.29, 1.82) is 0 Å². The van der Waals surface area contributed by atoms with Crippen LogP contribution in [0.5, 0.6) is 0 Å². The minimum atomic E-state index is -3.78. The molecule has 0 saturated carbocycles. The molecule has 1 amide bonds. The maximum absolute atomic E-state index is 13.3. The Kier molecular flexibility index (Phi) is 5.37. The van der Waals surface area contributed by atoms with E-state index in [2.05, 4.69) is 15.5 Å². The third-order valence-corrected chi connectivity index (χ3v) is 8.04. The number of amides is 1. The summed E-state index contributed by atoms with van der Waals surface area (Å²) in [6.45, 7) is 4.32. The van der Waals surface area contributed by atoms with Crippen molar-refractivity contribution in [2.75, 3.05) is 11.9 Å². The number of nitrogens with one attached hydrogen (secondary N) is 1. The predicted molar refractivity (Wildman–Crippen MR) is 113 cm³/mol. The van der Waals surface area contributed by atoms with Crippen LogP contribution in [0.1, 0.15) is 37.6 Å². The van der Waals surface area contributed by atoms with E-state index in [1.165, 1.54) is 15.6 Å². The van der Waals surface area contributed by atoms with Crippen LogP contribution >= 0.6 is 11.3 Å². The van der Waals surface area contributed by atoms with E-state index >= 15 is 0 Å². The molecule has 0 unspecified atom stereocenters. The molecule has 1 N–H and O–H groups in total. The highest BCUT2D eigenvalue weighted by Crippen LogP contribution is 2.29. The minimum absolute atomic E-state index is 0.203. The number of fused-ring (bicyclic) bond motifs is 1. The lowest BCUT2D eigenvalue weighted by molar-refractivity contribution is -0.119. The molecule has 152 valence electrons. The van der Waals surface area contributed by atoms with Crippen LogP contribution in [0.2, 0.25) is 0 Å². The third kappa shape index (κ3) is 3.90. The largest absolute Gasteiger partial charge is 0.299 e. The monoisotopic (exact) mass is 430 g/mol. The molecule has 3 aromatic rings. The Balaban J connectivity index is 1.57. The SMILES string of the molecule is CC(C)c1nnc(NC(=O)[C@H]2CCCN2S(=O)(=O)c2ccc3ccccc3c2)s1. The number of anilines is 1. The lowest BCUT2D eigenvalue weighted by Crippen LogP contribution is -2.43. The van der Waals surface area contributed by atoms with E-state index in [1.807, 2.05) is 38.1 Å². The highest BCUT2D eigenvalue weighted by Gasteiger charge is 2.39.